The first-order valence-electron chi connectivity index (χ1n) is 7.78. The first-order chi connectivity index (χ1) is 12.8. The number of nitrogens with one attached hydrogen (secondary N) is 1. The van der Waals surface area contributed by atoms with Crippen molar-refractivity contribution >= 4 is 39.2 Å². The fourth-order valence-corrected chi connectivity index (χ4v) is 2.38. The molecule has 0 fully saturated rings. The Morgan fingerprint density at radius 1 is 1.19 bits per heavy atom. The van der Waals surface area contributed by atoms with Crippen molar-refractivity contribution in [1.29, 1.82) is 10.5 Å². The van der Waals surface area contributed by atoms with Crippen molar-refractivity contribution in [1.82, 2.24) is 9.97 Å². The predicted molar refractivity (Wildman–Crippen MR) is 108 cm³/mol. The summed E-state index contributed by atoms with van der Waals surface area (Å²) in [5, 5.41) is 21.0. The Kier molecular flexibility index (Phi) is 6.95. The Balaban J connectivity index is 2.31. The second kappa shape index (κ2) is 9.18. The van der Waals surface area contributed by atoms with Gasteiger partial charge in [-0.2, -0.15) is 20.5 Å². The summed E-state index contributed by atoms with van der Waals surface area (Å²) in [5.41, 5.74) is 2.61. The van der Waals surface area contributed by atoms with Gasteiger partial charge in [0.1, 0.15) is 10.2 Å². The third-order valence-corrected chi connectivity index (χ3v) is 4.68. The summed E-state index contributed by atoms with van der Waals surface area (Å²) in [5.74, 6) is 1.06. The molecule has 6 nitrogen and oxygen atoms in total. The summed E-state index contributed by atoms with van der Waals surface area (Å²) in [6.07, 6.45) is 1.72. The van der Waals surface area contributed by atoms with Crippen molar-refractivity contribution in [2.45, 2.75) is 20.8 Å². The summed E-state index contributed by atoms with van der Waals surface area (Å²) in [6.45, 7) is 5.32. The number of aromatic nitrogens is 2. The van der Waals surface area contributed by atoms with Crippen LogP contribution in [0.15, 0.2) is 51.7 Å². The number of hydrogen-bond donors (Lipinski definition) is 1. The normalized spacial score (nSPS) is 11.9. The highest BCUT2D eigenvalue weighted by molar-refractivity contribution is 9.10. The second-order valence-electron chi connectivity index (χ2n) is 5.55. The van der Waals surface area contributed by atoms with Gasteiger partial charge in [-0.05, 0) is 72.6 Å². The highest BCUT2D eigenvalue weighted by atomic mass is 79.9. The zero-order chi connectivity index (χ0) is 20.0. The van der Waals surface area contributed by atoms with Gasteiger partial charge < -0.3 is 10.1 Å². The average Bonchev–Trinajstić information content (AvgIpc) is 2.66. The number of allylic oxidation sites excluding steroid dienone is 4. The molecule has 0 aliphatic heterocycles. The van der Waals surface area contributed by atoms with E-state index in [0.717, 1.165) is 5.57 Å². The Morgan fingerprint density at radius 2 is 1.85 bits per heavy atom. The fourth-order valence-electron chi connectivity index (χ4n) is 1.97. The van der Waals surface area contributed by atoms with Gasteiger partial charge in [-0.15, -0.1) is 0 Å². The van der Waals surface area contributed by atoms with E-state index in [1.165, 1.54) is 0 Å². The van der Waals surface area contributed by atoms with Gasteiger partial charge in [0.25, 0.3) is 0 Å². The van der Waals surface area contributed by atoms with E-state index >= 15 is 0 Å². The molecule has 0 saturated carbocycles. The number of halogens is 2. The summed E-state index contributed by atoms with van der Waals surface area (Å²) in [6, 6.07) is 11.0. The zero-order valence-electron chi connectivity index (χ0n) is 14.8. The number of benzene rings is 1. The van der Waals surface area contributed by atoms with Gasteiger partial charge in [-0.3, -0.25) is 0 Å². The van der Waals surface area contributed by atoms with E-state index in [4.69, 9.17) is 26.9 Å². The Labute approximate surface area is 170 Å². The van der Waals surface area contributed by atoms with Crippen LogP contribution in [0.3, 0.4) is 0 Å². The van der Waals surface area contributed by atoms with Crippen molar-refractivity contribution in [3.63, 3.8) is 0 Å². The van der Waals surface area contributed by atoms with Crippen LogP contribution >= 0.6 is 27.5 Å². The second-order valence-corrected chi connectivity index (χ2v) is 6.70. The molecule has 0 aliphatic rings. The van der Waals surface area contributed by atoms with Gasteiger partial charge in [-0.25, -0.2) is 0 Å². The van der Waals surface area contributed by atoms with Crippen molar-refractivity contribution in [3.05, 3.63) is 62.4 Å². The summed E-state index contributed by atoms with van der Waals surface area (Å²) in [4.78, 5) is 8.50. The van der Waals surface area contributed by atoms with Crippen LogP contribution in [0.5, 0.6) is 5.88 Å². The molecule has 2 aromatic rings. The Hall–Kier alpha value is -2.87. The molecule has 1 aromatic heterocycles. The molecule has 0 spiro atoms. The van der Waals surface area contributed by atoms with Crippen LogP contribution in [-0.4, -0.2) is 9.97 Å². The molecule has 0 atom stereocenters. The van der Waals surface area contributed by atoms with Crippen LogP contribution in [-0.2, 0) is 0 Å². The quantitative estimate of drug-likeness (QED) is 0.277. The molecule has 27 heavy (non-hydrogen) atoms. The van der Waals surface area contributed by atoms with Crippen molar-refractivity contribution in [2.24, 2.45) is 0 Å². The van der Waals surface area contributed by atoms with Crippen LogP contribution < -0.4 is 10.1 Å². The van der Waals surface area contributed by atoms with Gasteiger partial charge in [-0.1, -0.05) is 11.6 Å². The minimum Gasteiger partial charge on any atom is -0.442 e. The third kappa shape index (κ3) is 5.55. The lowest BCUT2D eigenvalue weighted by atomic mass is 10.2. The predicted octanol–water partition coefficient (Wildman–Crippen LogP) is 5.65. The number of hydrogen-bond acceptors (Lipinski definition) is 6. The van der Waals surface area contributed by atoms with E-state index in [1.807, 2.05) is 6.92 Å². The van der Waals surface area contributed by atoms with E-state index in [0.29, 0.717) is 27.1 Å². The van der Waals surface area contributed by atoms with Gasteiger partial charge in [0, 0.05) is 11.3 Å². The number of nitrogens with zero attached hydrogens (tertiary/aromatic N) is 4. The van der Waals surface area contributed by atoms with Crippen LogP contribution in [0, 0.1) is 22.7 Å². The standard InChI is InChI=1S/C19H15BrClN5O/c1-11(9-22)8-12(2)13(3)27-18-16(20)17(21)25-19(26-18)24-15-6-4-14(10-23)5-7-15/h4-8H,1-3H3,(H,24,25,26). The molecular weight excluding hydrogens is 430 g/mol. The topological polar surface area (TPSA) is 94.6 Å². The number of anilines is 2. The molecule has 0 amide bonds. The van der Waals surface area contributed by atoms with Gasteiger partial charge in [0.05, 0.1) is 17.7 Å². The zero-order valence-corrected chi connectivity index (χ0v) is 17.2. The lowest BCUT2D eigenvalue weighted by Gasteiger charge is -2.12. The number of nitriles is 2. The number of ether oxygens (including phenoxy) is 1. The number of rotatable bonds is 5. The Morgan fingerprint density at radius 3 is 2.44 bits per heavy atom. The summed E-state index contributed by atoms with van der Waals surface area (Å²) < 4.78 is 6.23. The van der Waals surface area contributed by atoms with Crippen LogP contribution in [0.25, 0.3) is 0 Å². The fraction of sp³-hybridized carbons (Fsp3) is 0.158. The lowest BCUT2D eigenvalue weighted by molar-refractivity contribution is 0.403. The molecule has 1 N–H and O–H groups in total. The third-order valence-electron chi connectivity index (χ3n) is 3.46. The summed E-state index contributed by atoms with van der Waals surface area (Å²) in [7, 11) is 0. The first kappa shape index (κ1) is 20.4. The highest BCUT2D eigenvalue weighted by Gasteiger charge is 2.14. The molecule has 8 heteroatoms. The van der Waals surface area contributed by atoms with Crippen LogP contribution in [0.2, 0.25) is 5.15 Å². The van der Waals surface area contributed by atoms with E-state index in [9.17, 15) is 0 Å². The Bertz CT molecular complexity index is 1000. The molecule has 1 heterocycles. The molecular formula is C19H15BrClN5O. The molecule has 0 saturated heterocycles. The first-order valence-corrected chi connectivity index (χ1v) is 8.95. The maximum Gasteiger partial charge on any atom is 0.239 e. The molecule has 0 aliphatic carbocycles. The average molecular weight is 445 g/mol. The van der Waals surface area contributed by atoms with Gasteiger partial charge in [0.15, 0.2) is 5.15 Å². The molecule has 0 radical (unpaired) electrons. The largest absolute Gasteiger partial charge is 0.442 e. The van der Waals surface area contributed by atoms with Crippen LogP contribution in [0.4, 0.5) is 11.6 Å². The molecule has 1 aromatic carbocycles. The SMILES string of the molecule is CC(C#N)=CC(C)=C(C)Oc1nc(Nc2ccc(C#N)cc2)nc(Cl)c1Br. The molecule has 0 bridgehead atoms. The van der Waals surface area contributed by atoms with E-state index < -0.39 is 0 Å². The van der Waals surface area contributed by atoms with E-state index in [-0.39, 0.29) is 17.0 Å². The van der Waals surface area contributed by atoms with Crippen molar-refractivity contribution in [3.8, 4) is 18.0 Å². The smallest absolute Gasteiger partial charge is 0.239 e. The molecule has 0 unspecified atom stereocenters. The van der Waals surface area contributed by atoms with Gasteiger partial charge in [0.2, 0.25) is 11.8 Å². The molecule has 136 valence electrons. The summed E-state index contributed by atoms with van der Waals surface area (Å²) >= 11 is 9.50. The van der Waals surface area contributed by atoms with Crippen molar-refractivity contribution in [2.75, 3.05) is 5.32 Å². The lowest BCUT2D eigenvalue weighted by Crippen LogP contribution is -2.03. The molecule has 2 rings (SSSR count). The maximum absolute atomic E-state index is 8.89. The van der Waals surface area contributed by atoms with Crippen LogP contribution in [0.1, 0.15) is 26.3 Å². The van der Waals surface area contributed by atoms with E-state index in [2.05, 4.69) is 43.4 Å². The van der Waals surface area contributed by atoms with Gasteiger partial charge >= 0.3 is 0 Å². The highest BCUT2D eigenvalue weighted by Crippen LogP contribution is 2.32. The minimum atomic E-state index is 0.186. The maximum atomic E-state index is 8.89. The van der Waals surface area contributed by atoms with E-state index in [1.54, 1.807) is 44.2 Å². The minimum absolute atomic E-state index is 0.186. The monoisotopic (exact) mass is 443 g/mol. The van der Waals surface area contributed by atoms with Crippen molar-refractivity contribution < 1.29 is 4.74 Å².